The summed E-state index contributed by atoms with van der Waals surface area (Å²) in [5.74, 6) is 0.0561. The van der Waals surface area contributed by atoms with Crippen LogP contribution in [0, 0.1) is 5.41 Å². The fraction of sp³-hybridized carbons (Fsp3) is 0.562. The van der Waals surface area contributed by atoms with Crippen LogP contribution >= 0.6 is 0 Å². The predicted molar refractivity (Wildman–Crippen MR) is 79.0 cm³/mol. The Labute approximate surface area is 120 Å². The first-order valence-electron chi connectivity index (χ1n) is 7.33. The highest BCUT2D eigenvalue weighted by atomic mass is 16.3. The zero-order valence-electron chi connectivity index (χ0n) is 11.8. The Morgan fingerprint density at radius 1 is 1.35 bits per heavy atom. The van der Waals surface area contributed by atoms with Gasteiger partial charge in [0.05, 0.1) is 0 Å². The third-order valence-corrected chi connectivity index (χ3v) is 4.17. The van der Waals surface area contributed by atoms with Crippen molar-refractivity contribution in [3.8, 4) is 0 Å². The van der Waals surface area contributed by atoms with Crippen molar-refractivity contribution in [2.24, 2.45) is 11.1 Å². The predicted octanol–water partition coefficient (Wildman–Crippen LogP) is 1.75. The molecule has 110 valence electrons. The minimum Gasteiger partial charge on any atom is -0.396 e. The number of amides is 1. The molecular weight excluding hydrogens is 252 g/mol. The van der Waals surface area contributed by atoms with Crippen LogP contribution in [-0.4, -0.2) is 24.2 Å². The van der Waals surface area contributed by atoms with Crippen LogP contribution in [0.1, 0.15) is 43.7 Å². The molecule has 0 aliphatic heterocycles. The van der Waals surface area contributed by atoms with Gasteiger partial charge in [0.25, 0.3) is 0 Å². The first-order chi connectivity index (χ1) is 9.65. The van der Waals surface area contributed by atoms with E-state index in [1.54, 1.807) is 0 Å². The Bertz CT molecular complexity index is 429. The molecular formula is C16H24N2O2. The minimum atomic E-state index is -0.0886. The molecule has 1 aromatic rings. The SMILES string of the molecule is NC(CCC(=O)NCC1(CCO)CC1)c1ccccc1. The molecule has 1 aliphatic rings. The van der Waals surface area contributed by atoms with Gasteiger partial charge in [-0.2, -0.15) is 0 Å². The van der Waals surface area contributed by atoms with Crippen LogP contribution in [0.4, 0.5) is 0 Å². The summed E-state index contributed by atoms with van der Waals surface area (Å²) in [6.45, 7) is 0.891. The van der Waals surface area contributed by atoms with E-state index in [9.17, 15) is 4.79 Å². The third-order valence-electron chi connectivity index (χ3n) is 4.17. The zero-order chi connectivity index (χ0) is 14.4. The molecule has 0 bridgehead atoms. The third kappa shape index (κ3) is 4.32. The number of nitrogens with one attached hydrogen (secondary N) is 1. The van der Waals surface area contributed by atoms with Crippen molar-refractivity contribution in [1.82, 2.24) is 5.32 Å². The fourth-order valence-electron chi connectivity index (χ4n) is 2.46. The van der Waals surface area contributed by atoms with Gasteiger partial charge in [-0.15, -0.1) is 0 Å². The van der Waals surface area contributed by atoms with E-state index in [0.717, 1.165) is 24.8 Å². The summed E-state index contributed by atoms with van der Waals surface area (Å²) in [6.07, 6.45) is 4.11. The number of carbonyl (C=O) groups is 1. The molecule has 4 nitrogen and oxygen atoms in total. The Kier molecular flexibility index (Phi) is 5.15. The minimum absolute atomic E-state index is 0.0561. The molecule has 1 aromatic carbocycles. The van der Waals surface area contributed by atoms with Crippen molar-refractivity contribution < 1.29 is 9.90 Å². The summed E-state index contributed by atoms with van der Waals surface area (Å²) >= 11 is 0. The second-order valence-electron chi connectivity index (χ2n) is 5.81. The number of carbonyl (C=O) groups excluding carboxylic acids is 1. The quantitative estimate of drug-likeness (QED) is 0.677. The molecule has 1 amide bonds. The van der Waals surface area contributed by atoms with Gasteiger partial charge in [-0.3, -0.25) is 4.79 Å². The van der Waals surface area contributed by atoms with Crippen molar-refractivity contribution in [1.29, 1.82) is 0 Å². The number of aliphatic hydroxyl groups excluding tert-OH is 1. The average molecular weight is 276 g/mol. The van der Waals surface area contributed by atoms with Gasteiger partial charge < -0.3 is 16.2 Å². The monoisotopic (exact) mass is 276 g/mol. The highest BCUT2D eigenvalue weighted by Crippen LogP contribution is 2.47. The molecule has 4 N–H and O–H groups in total. The molecule has 1 atom stereocenters. The van der Waals surface area contributed by atoms with Crippen molar-refractivity contribution in [2.45, 2.75) is 38.1 Å². The van der Waals surface area contributed by atoms with Gasteiger partial charge in [0.2, 0.25) is 5.91 Å². The summed E-state index contributed by atoms with van der Waals surface area (Å²) < 4.78 is 0. The highest BCUT2D eigenvalue weighted by molar-refractivity contribution is 5.76. The number of nitrogens with two attached hydrogens (primary N) is 1. The summed E-state index contributed by atoms with van der Waals surface area (Å²) in [5.41, 5.74) is 7.31. The lowest BCUT2D eigenvalue weighted by Crippen LogP contribution is -2.31. The van der Waals surface area contributed by atoms with Crippen LogP contribution in [0.15, 0.2) is 30.3 Å². The molecule has 2 rings (SSSR count). The van der Waals surface area contributed by atoms with E-state index in [1.165, 1.54) is 0 Å². The Morgan fingerprint density at radius 3 is 2.65 bits per heavy atom. The lowest BCUT2D eigenvalue weighted by atomic mass is 10.0. The lowest BCUT2D eigenvalue weighted by molar-refractivity contribution is -0.121. The smallest absolute Gasteiger partial charge is 0.220 e. The molecule has 0 aromatic heterocycles. The first kappa shape index (κ1) is 15.0. The molecule has 1 saturated carbocycles. The zero-order valence-corrected chi connectivity index (χ0v) is 11.8. The van der Waals surface area contributed by atoms with E-state index in [4.69, 9.17) is 10.8 Å². The molecule has 1 fully saturated rings. The van der Waals surface area contributed by atoms with Gasteiger partial charge in [-0.05, 0) is 36.7 Å². The van der Waals surface area contributed by atoms with Crippen LogP contribution in [-0.2, 0) is 4.79 Å². The van der Waals surface area contributed by atoms with E-state index in [2.05, 4.69) is 5.32 Å². The van der Waals surface area contributed by atoms with E-state index < -0.39 is 0 Å². The Morgan fingerprint density at radius 2 is 2.05 bits per heavy atom. The van der Waals surface area contributed by atoms with E-state index in [1.807, 2.05) is 30.3 Å². The van der Waals surface area contributed by atoms with Gasteiger partial charge in [-0.1, -0.05) is 30.3 Å². The molecule has 1 aliphatic carbocycles. The van der Waals surface area contributed by atoms with Crippen molar-refractivity contribution >= 4 is 5.91 Å². The van der Waals surface area contributed by atoms with Gasteiger partial charge in [-0.25, -0.2) is 0 Å². The van der Waals surface area contributed by atoms with Gasteiger partial charge in [0.15, 0.2) is 0 Å². The molecule has 0 heterocycles. The number of benzene rings is 1. The largest absolute Gasteiger partial charge is 0.396 e. The fourth-order valence-corrected chi connectivity index (χ4v) is 2.46. The summed E-state index contributed by atoms with van der Waals surface area (Å²) in [5, 5.41) is 12.0. The molecule has 0 spiro atoms. The Hall–Kier alpha value is -1.39. The maximum absolute atomic E-state index is 11.8. The van der Waals surface area contributed by atoms with Crippen LogP contribution < -0.4 is 11.1 Å². The topological polar surface area (TPSA) is 75.4 Å². The average Bonchev–Trinajstić information content (AvgIpc) is 3.24. The molecule has 20 heavy (non-hydrogen) atoms. The molecule has 0 saturated heterocycles. The number of hydrogen-bond acceptors (Lipinski definition) is 3. The number of aliphatic hydroxyl groups is 1. The van der Waals surface area contributed by atoms with E-state index >= 15 is 0 Å². The molecule has 4 heteroatoms. The van der Waals surface area contributed by atoms with Crippen molar-refractivity contribution in [3.05, 3.63) is 35.9 Å². The highest BCUT2D eigenvalue weighted by Gasteiger charge is 2.41. The van der Waals surface area contributed by atoms with Gasteiger partial charge in [0, 0.05) is 25.6 Å². The maximum Gasteiger partial charge on any atom is 0.220 e. The van der Waals surface area contributed by atoms with Crippen LogP contribution in [0.25, 0.3) is 0 Å². The van der Waals surface area contributed by atoms with E-state index in [-0.39, 0.29) is 24.0 Å². The maximum atomic E-state index is 11.8. The number of rotatable bonds is 8. The standard InChI is InChI=1S/C16H24N2O2/c17-14(13-4-2-1-3-5-13)6-7-15(20)18-12-16(8-9-16)10-11-19/h1-5,14,19H,6-12,17H2,(H,18,20). The van der Waals surface area contributed by atoms with E-state index in [0.29, 0.717) is 19.4 Å². The second kappa shape index (κ2) is 6.86. The van der Waals surface area contributed by atoms with Crippen LogP contribution in [0.5, 0.6) is 0 Å². The van der Waals surface area contributed by atoms with Crippen molar-refractivity contribution in [2.75, 3.05) is 13.2 Å². The first-order valence-corrected chi connectivity index (χ1v) is 7.33. The normalized spacial score (nSPS) is 17.5. The van der Waals surface area contributed by atoms with Gasteiger partial charge >= 0.3 is 0 Å². The lowest BCUT2D eigenvalue weighted by Gasteiger charge is -2.15. The summed E-state index contributed by atoms with van der Waals surface area (Å²) in [6, 6.07) is 9.77. The second-order valence-corrected chi connectivity index (χ2v) is 5.81. The Balaban J connectivity index is 1.68. The summed E-state index contributed by atoms with van der Waals surface area (Å²) in [7, 11) is 0. The van der Waals surface area contributed by atoms with Crippen LogP contribution in [0.3, 0.4) is 0 Å². The van der Waals surface area contributed by atoms with Crippen molar-refractivity contribution in [3.63, 3.8) is 0 Å². The molecule has 0 radical (unpaired) electrons. The summed E-state index contributed by atoms with van der Waals surface area (Å²) in [4.78, 5) is 11.8. The van der Waals surface area contributed by atoms with Crippen LogP contribution in [0.2, 0.25) is 0 Å². The number of hydrogen-bond donors (Lipinski definition) is 3. The van der Waals surface area contributed by atoms with Gasteiger partial charge in [0.1, 0.15) is 0 Å². The molecule has 1 unspecified atom stereocenters.